The van der Waals surface area contributed by atoms with Gasteiger partial charge in [0.15, 0.2) is 0 Å². The number of thiophene rings is 1. The zero-order chi connectivity index (χ0) is 11.4. The molecule has 4 nitrogen and oxygen atoms in total. The summed E-state index contributed by atoms with van der Waals surface area (Å²) < 4.78 is 0. The summed E-state index contributed by atoms with van der Waals surface area (Å²) in [4.78, 5) is 18.9. The van der Waals surface area contributed by atoms with E-state index in [0.717, 1.165) is 6.42 Å². The van der Waals surface area contributed by atoms with Crippen LogP contribution in [-0.2, 0) is 6.42 Å². The number of hydrogen-bond donors (Lipinski definition) is 2. The molecule has 84 valence electrons. The van der Waals surface area contributed by atoms with Crippen molar-refractivity contribution < 1.29 is 0 Å². The maximum absolute atomic E-state index is 11.1. The summed E-state index contributed by atoms with van der Waals surface area (Å²) in [5.74, 6) is 0.618. The molecule has 0 bridgehead atoms. The molecule has 0 aliphatic rings. The number of aromatic nitrogens is 2. The molecule has 16 heavy (non-hydrogen) atoms. The topological polar surface area (TPSA) is 57.8 Å². The molecule has 0 saturated carbocycles. The molecule has 0 amide bonds. The van der Waals surface area contributed by atoms with Gasteiger partial charge >= 0.3 is 0 Å². The number of nitrogens with one attached hydrogen (secondary N) is 2. The van der Waals surface area contributed by atoms with Crippen LogP contribution in [0.15, 0.2) is 34.7 Å². The Bertz CT molecular complexity index is 492. The highest BCUT2D eigenvalue weighted by molar-refractivity contribution is 7.09. The van der Waals surface area contributed by atoms with Crippen LogP contribution in [0.5, 0.6) is 0 Å². The van der Waals surface area contributed by atoms with Gasteiger partial charge in [0, 0.05) is 23.4 Å². The van der Waals surface area contributed by atoms with E-state index in [2.05, 4.69) is 33.7 Å². The average molecular weight is 235 g/mol. The summed E-state index contributed by atoms with van der Waals surface area (Å²) in [6, 6.07) is 5.87. The van der Waals surface area contributed by atoms with E-state index in [4.69, 9.17) is 0 Å². The van der Waals surface area contributed by atoms with Crippen LogP contribution in [0.3, 0.4) is 0 Å². The lowest BCUT2D eigenvalue weighted by atomic mass is 10.2. The third-order valence-electron chi connectivity index (χ3n) is 2.16. The summed E-state index contributed by atoms with van der Waals surface area (Å²) in [5, 5.41) is 5.26. The standard InChI is InChI=1S/C11H13N3OS/c1-8(5-9-3-2-4-16-9)14-10-6-11(15)13-7-12-10/h2-4,6-8H,5H2,1H3,(H2,12,13,14,15). The first-order valence-electron chi connectivity index (χ1n) is 5.07. The number of hydrogen-bond acceptors (Lipinski definition) is 4. The van der Waals surface area contributed by atoms with Gasteiger partial charge < -0.3 is 10.3 Å². The fraction of sp³-hybridized carbons (Fsp3) is 0.273. The van der Waals surface area contributed by atoms with Crippen LogP contribution in [0, 0.1) is 0 Å². The number of nitrogens with zero attached hydrogens (tertiary/aromatic N) is 1. The highest BCUT2D eigenvalue weighted by atomic mass is 32.1. The quantitative estimate of drug-likeness (QED) is 0.850. The van der Waals surface area contributed by atoms with Crippen molar-refractivity contribution in [2.75, 3.05) is 5.32 Å². The van der Waals surface area contributed by atoms with Gasteiger partial charge in [0.1, 0.15) is 5.82 Å². The first kappa shape index (κ1) is 10.9. The Hall–Kier alpha value is -1.62. The van der Waals surface area contributed by atoms with Crippen LogP contribution in [-0.4, -0.2) is 16.0 Å². The minimum Gasteiger partial charge on any atom is -0.367 e. The van der Waals surface area contributed by atoms with Crippen LogP contribution in [0.25, 0.3) is 0 Å². The Labute approximate surface area is 97.4 Å². The van der Waals surface area contributed by atoms with Gasteiger partial charge in [-0.2, -0.15) is 0 Å². The van der Waals surface area contributed by atoms with E-state index in [-0.39, 0.29) is 11.6 Å². The molecule has 0 fully saturated rings. The monoisotopic (exact) mass is 235 g/mol. The van der Waals surface area contributed by atoms with Gasteiger partial charge in [-0.15, -0.1) is 11.3 Å². The molecule has 0 radical (unpaired) electrons. The van der Waals surface area contributed by atoms with Gasteiger partial charge in [-0.1, -0.05) is 6.07 Å². The highest BCUT2D eigenvalue weighted by Crippen LogP contribution is 2.12. The molecular weight excluding hydrogens is 222 g/mol. The third kappa shape index (κ3) is 2.93. The van der Waals surface area contributed by atoms with Crippen LogP contribution in [0.1, 0.15) is 11.8 Å². The lowest BCUT2D eigenvalue weighted by Gasteiger charge is -2.12. The van der Waals surface area contributed by atoms with Crippen LogP contribution in [0.4, 0.5) is 5.82 Å². The Morgan fingerprint density at radius 1 is 1.62 bits per heavy atom. The Balaban J connectivity index is 1.97. The van der Waals surface area contributed by atoms with Crippen molar-refractivity contribution in [3.8, 4) is 0 Å². The van der Waals surface area contributed by atoms with Gasteiger partial charge in [0.2, 0.25) is 0 Å². The Morgan fingerprint density at radius 2 is 2.50 bits per heavy atom. The summed E-state index contributed by atoms with van der Waals surface area (Å²) >= 11 is 1.74. The highest BCUT2D eigenvalue weighted by Gasteiger charge is 2.05. The average Bonchev–Trinajstić information content (AvgIpc) is 2.70. The molecule has 2 aromatic heterocycles. The maximum atomic E-state index is 11.1. The van der Waals surface area contributed by atoms with E-state index in [0.29, 0.717) is 5.82 Å². The van der Waals surface area contributed by atoms with E-state index >= 15 is 0 Å². The molecule has 1 unspecified atom stereocenters. The van der Waals surface area contributed by atoms with Crippen molar-refractivity contribution in [3.05, 3.63) is 45.1 Å². The van der Waals surface area contributed by atoms with Crippen LogP contribution >= 0.6 is 11.3 Å². The third-order valence-corrected chi connectivity index (χ3v) is 3.06. The maximum Gasteiger partial charge on any atom is 0.252 e. The summed E-state index contributed by atoms with van der Waals surface area (Å²) in [6.07, 6.45) is 2.34. The SMILES string of the molecule is CC(Cc1cccs1)Nc1cc(=O)[nH]cn1. The predicted octanol–water partition coefficient (Wildman–Crippen LogP) is 1.87. The van der Waals surface area contributed by atoms with Gasteiger partial charge in [0.25, 0.3) is 5.56 Å². The van der Waals surface area contributed by atoms with E-state index in [9.17, 15) is 4.79 Å². The Kier molecular flexibility index (Phi) is 3.36. The minimum atomic E-state index is -0.138. The van der Waals surface area contributed by atoms with Crippen LogP contribution < -0.4 is 10.9 Å². The van der Waals surface area contributed by atoms with Gasteiger partial charge in [0.05, 0.1) is 6.33 Å². The van der Waals surface area contributed by atoms with E-state index in [1.165, 1.54) is 17.3 Å². The molecule has 2 aromatic rings. The van der Waals surface area contributed by atoms with E-state index in [1.807, 2.05) is 6.07 Å². The molecule has 1 atom stereocenters. The van der Waals surface area contributed by atoms with Crippen molar-refractivity contribution in [2.24, 2.45) is 0 Å². The molecule has 5 heteroatoms. The van der Waals surface area contributed by atoms with Gasteiger partial charge in [-0.25, -0.2) is 4.98 Å². The van der Waals surface area contributed by atoms with Crippen molar-refractivity contribution in [1.82, 2.24) is 9.97 Å². The second-order valence-electron chi connectivity index (χ2n) is 3.63. The van der Waals surface area contributed by atoms with Crippen molar-refractivity contribution in [2.45, 2.75) is 19.4 Å². The molecule has 0 spiro atoms. The first-order valence-corrected chi connectivity index (χ1v) is 5.95. The smallest absolute Gasteiger partial charge is 0.252 e. The summed E-state index contributed by atoms with van der Waals surface area (Å²) in [6.45, 7) is 2.07. The fourth-order valence-electron chi connectivity index (χ4n) is 1.48. The van der Waals surface area contributed by atoms with Gasteiger partial charge in [-0.3, -0.25) is 4.79 Å². The van der Waals surface area contributed by atoms with E-state index < -0.39 is 0 Å². The Morgan fingerprint density at radius 3 is 3.19 bits per heavy atom. The molecule has 2 heterocycles. The molecule has 0 aliphatic carbocycles. The molecular formula is C11H13N3OS. The molecule has 0 aromatic carbocycles. The number of aromatic amines is 1. The zero-order valence-corrected chi connectivity index (χ0v) is 9.75. The zero-order valence-electron chi connectivity index (χ0n) is 8.93. The van der Waals surface area contributed by atoms with E-state index in [1.54, 1.807) is 11.3 Å². The predicted molar refractivity (Wildman–Crippen MR) is 66.0 cm³/mol. The second kappa shape index (κ2) is 4.94. The van der Waals surface area contributed by atoms with Crippen molar-refractivity contribution in [3.63, 3.8) is 0 Å². The second-order valence-corrected chi connectivity index (χ2v) is 4.66. The van der Waals surface area contributed by atoms with Crippen molar-refractivity contribution in [1.29, 1.82) is 0 Å². The number of H-pyrrole nitrogens is 1. The molecule has 2 rings (SSSR count). The van der Waals surface area contributed by atoms with Crippen LogP contribution in [0.2, 0.25) is 0 Å². The van der Waals surface area contributed by atoms with Crippen molar-refractivity contribution >= 4 is 17.2 Å². The summed E-state index contributed by atoms with van der Waals surface area (Å²) in [7, 11) is 0. The largest absolute Gasteiger partial charge is 0.367 e. The normalized spacial score (nSPS) is 12.3. The molecule has 0 saturated heterocycles. The number of anilines is 1. The summed E-state index contributed by atoms with van der Waals surface area (Å²) in [5.41, 5.74) is -0.138. The van der Waals surface area contributed by atoms with Gasteiger partial charge in [-0.05, 0) is 18.4 Å². The minimum absolute atomic E-state index is 0.138. The lowest BCUT2D eigenvalue weighted by Crippen LogP contribution is -2.20. The number of rotatable bonds is 4. The first-order chi connectivity index (χ1) is 7.74. The fourth-order valence-corrected chi connectivity index (χ4v) is 2.32. The molecule has 0 aliphatic heterocycles. The molecule has 2 N–H and O–H groups in total. The lowest BCUT2D eigenvalue weighted by molar-refractivity contribution is 0.792.